The number of fused-ring (bicyclic) bond motifs is 3. The van der Waals surface area contributed by atoms with Crippen LogP contribution in [0.1, 0.15) is 152 Å². The second-order valence-electron chi connectivity index (χ2n) is 23.0. The third-order valence-corrected chi connectivity index (χ3v) is 17.1. The van der Waals surface area contributed by atoms with Crippen LogP contribution in [0, 0.1) is 0 Å². The summed E-state index contributed by atoms with van der Waals surface area (Å²) in [7, 11) is 0. The standard InChI is InChI=1S/C66H96N6O12/c1-7-79-61(73)43-67-37-49-25-27-50(28-26-49)39-69(45-63(75)81-9-3)57-21-15-16-22-58(57)71(47-65(77)83-11-5)41-53-33-35-54(36-34-53)42-72(48-66(78)84-12-6)60-24-18-17-23-59(60)70(46-64(76)82-10-4)40-52-31-29-51(30-32-52)38-68(44-62(74)80-8-2)56-20-14-13-19-55(56)67/h25-36,55-60H,7-24,37-48H2,1-6H3/t55-,56-,57-,58-,59-,60-/m1/s1. The Labute approximate surface area is 499 Å². The number of carbonyl (C=O) groups is 6. The van der Waals surface area contributed by atoms with E-state index in [-0.39, 0.29) is 151 Å². The lowest BCUT2D eigenvalue weighted by Gasteiger charge is -2.45. The van der Waals surface area contributed by atoms with Gasteiger partial charge in [-0.05, 0) is 113 Å². The van der Waals surface area contributed by atoms with Crippen LogP contribution in [0.5, 0.6) is 0 Å². The average molecular weight is 1170 g/mol. The zero-order valence-corrected chi connectivity index (χ0v) is 51.2. The first-order valence-electron chi connectivity index (χ1n) is 31.4. The number of carbonyl (C=O) groups excluding carboxylic acids is 6. The smallest absolute Gasteiger partial charge is 0.320 e. The number of ether oxygens (including phenoxy) is 6. The van der Waals surface area contributed by atoms with Crippen molar-refractivity contribution in [1.29, 1.82) is 0 Å². The summed E-state index contributed by atoms with van der Waals surface area (Å²) in [5.41, 5.74) is 6.09. The molecule has 462 valence electrons. The Morgan fingerprint density at radius 1 is 0.274 bits per heavy atom. The van der Waals surface area contributed by atoms with Crippen LogP contribution in [-0.2, 0) is 96.5 Å². The fourth-order valence-corrected chi connectivity index (χ4v) is 13.5. The lowest BCUT2D eigenvalue weighted by Crippen LogP contribution is -2.55. The van der Waals surface area contributed by atoms with Crippen LogP contribution in [0.15, 0.2) is 72.8 Å². The molecule has 10 rings (SSSR count). The minimum atomic E-state index is -0.308. The molecular formula is C66H96N6O12. The predicted molar refractivity (Wildman–Crippen MR) is 320 cm³/mol. The van der Waals surface area contributed by atoms with Crippen LogP contribution in [-0.4, -0.2) is 180 Å². The Balaban J connectivity index is 1.33. The molecule has 0 unspecified atom stereocenters. The molecule has 3 aromatic rings. The first-order chi connectivity index (χ1) is 40.8. The Bertz CT molecular complexity index is 2090. The van der Waals surface area contributed by atoms with E-state index in [0.717, 1.165) is 110 Å². The van der Waals surface area contributed by atoms with Crippen LogP contribution < -0.4 is 0 Å². The highest BCUT2D eigenvalue weighted by Gasteiger charge is 2.40. The molecule has 0 spiro atoms. The van der Waals surface area contributed by atoms with Gasteiger partial charge in [0.05, 0.1) is 78.9 Å². The molecule has 84 heavy (non-hydrogen) atoms. The monoisotopic (exact) mass is 1160 g/mol. The van der Waals surface area contributed by atoms with Gasteiger partial charge in [-0.3, -0.25) is 58.2 Å². The quantitative estimate of drug-likeness (QED) is 0.0878. The summed E-state index contributed by atoms with van der Waals surface area (Å²) in [4.78, 5) is 94.9. The van der Waals surface area contributed by atoms with E-state index in [1.165, 1.54) is 0 Å². The molecule has 3 aromatic carbocycles. The fraction of sp³-hybridized carbons (Fsp3) is 0.636. The Morgan fingerprint density at radius 3 is 0.524 bits per heavy atom. The van der Waals surface area contributed by atoms with Gasteiger partial charge in [-0.1, -0.05) is 111 Å². The van der Waals surface area contributed by atoms with Gasteiger partial charge in [0.2, 0.25) is 0 Å². The van der Waals surface area contributed by atoms with E-state index in [9.17, 15) is 28.8 Å². The SMILES string of the molecule is CCOC(=O)CN1Cc2ccc(cc2)CN(CC(=O)OCC)[C@@H]2CCCC[C@H]2N(CC(=O)OCC)Cc2ccc(cc2)CN(CC(=O)OCC)[C@@H]2CCCC[C@H]2N(CC(=O)OCC)Cc2ccc(cc2)CN(CC(=O)OCC)[C@@H]2CCCC[C@H]21. The van der Waals surface area contributed by atoms with Gasteiger partial charge < -0.3 is 28.4 Å². The van der Waals surface area contributed by atoms with Crippen LogP contribution in [0.4, 0.5) is 0 Å². The first-order valence-corrected chi connectivity index (χ1v) is 31.4. The van der Waals surface area contributed by atoms with Crippen molar-refractivity contribution < 1.29 is 57.2 Å². The molecule has 3 saturated carbocycles. The van der Waals surface area contributed by atoms with Gasteiger partial charge in [0.25, 0.3) is 0 Å². The molecule has 18 nitrogen and oxygen atoms in total. The number of hydrogen-bond acceptors (Lipinski definition) is 18. The van der Waals surface area contributed by atoms with E-state index in [1.54, 1.807) is 0 Å². The summed E-state index contributed by atoms with van der Waals surface area (Å²) in [5.74, 6) is -1.85. The molecule has 6 atom stereocenters. The Kier molecular flexibility index (Phi) is 26.9. The van der Waals surface area contributed by atoms with Crippen molar-refractivity contribution in [2.24, 2.45) is 0 Å². The normalized spacial score (nSPS) is 23.1. The topological polar surface area (TPSA) is 177 Å². The summed E-state index contributed by atoms with van der Waals surface area (Å²) >= 11 is 0. The zero-order chi connectivity index (χ0) is 59.8. The van der Waals surface area contributed by atoms with Gasteiger partial charge in [0, 0.05) is 75.5 Å². The van der Waals surface area contributed by atoms with Crippen molar-refractivity contribution in [2.75, 3.05) is 78.9 Å². The molecule has 0 amide bonds. The summed E-state index contributed by atoms with van der Waals surface area (Å²) in [6.45, 7) is 15.7. The van der Waals surface area contributed by atoms with E-state index < -0.39 is 0 Å². The Morgan fingerprint density at radius 2 is 0.405 bits per heavy atom. The fourth-order valence-electron chi connectivity index (χ4n) is 13.5. The highest BCUT2D eigenvalue weighted by atomic mass is 16.6. The van der Waals surface area contributed by atoms with Crippen molar-refractivity contribution >= 4 is 35.8 Å². The van der Waals surface area contributed by atoms with Crippen molar-refractivity contribution in [2.45, 2.75) is 194 Å². The molecule has 6 bridgehead atoms. The van der Waals surface area contributed by atoms with E-state index >= 15 is 0 Å². The molecule has 3 fully saturated rings. The summed E-state index contributed by atoms with van der Waals surface area (Å²) in [6.07, 6.45) is 10.7. The number of benzene rings is 3. The molecule has 4 heterocycles. The maximum atomic E-state index is 13.6. The summed E-state index contributed by atoms with van der Waals surface area (Å²) in [5, 5.41) is 0. The van der Waals surface area contributed by atoms with Gasteiger partial charge in [-0.25, -0.2) is 0 Å². The molecule has 3 aliphatic carbocycles. The molecule has 18 heteroatoms. The van der Waals surface area contributed by atoms with Gasteiger partial charge in [-0.2, -0.15) is 0 Å². The summed E-state index contributed by atoms with van der Waals surface area (Å²) in [6, 6.07) is 24.7. The molecule has 0 saturated heterocycles. The Hall–Kier alpha value is -5.76. The van der Waals surface area contributed by atoms with E-state index in [2.05, 4.69) is 102 Å². The largest absolute Gasteiger partial charge is 0.465 e. The van der Waals surface area contributed by atoms with E-state index in [0.29, 0.717) is 39.3 Å². The maximum Gasteiger partial charge on any atom is 0.320 e. The maximum absolute atomic E-state index is 13.6. The van der Waals surface area contributed by atoms with E-state index in [4.69, 9.17) is 28.4 Å². The van der Waals surface area contributed by atoms with Crippen LogP contribution in [0.2, 0.25) is 0 Å². The molecule has 0 radical (unpaired) electrons. The summed E-state index contributed by atoms with van der Waals surface area (Å²) < 4.78 is 33.7. The molecule has 7 aliphatic rings. The average Bonchev–Trinajstić information content (AvgIpc) is 3.59. The van der Waals surface area contributed by atoms with Crippen LogP contribution in [0.25, 0.3) is 0 Å². The van der Waals surface area contributed by atoms with E-state index in [1.807, 2.05) is 41.5 Å². The van der Waals surface area contributed by atoms with Gasteiger partial charge in [-0.15, -0.1) is 0 Å². The second-order valence-corrected chi connectivity index (χ2v) is 23.0. The molecule has 0 N–H and O–H groups in total. The lowest BCUT2D eigenvalue weighted by atomic mass is 9.86. The van der Waals surface area contributed by atoms with Crippen molar-refractivity contribution in [3.8, 4) is 0 Å². The van der Waals surface area contributed by atoms with Crippen LogP contribution in [0.3, 0.4) is 0 Å². The highest BCUT2D eigenvalue weighted by molar-refractivity contribution is 5.74. The number of esters is 6. The van der Waals surface area contributed by atoms with Gasteiger partial charge in [0.1, 0.15) is 0 Å². The van der Waals surface area contributed by atoms with Gasteiger partial charge in [0.15, 0.2) is 0 Å². The minimum absolute atomic E-state index is 0.0757. The predicted octanol–water partition coefficient (Wildman–Crippen LogP) is 8.22. The number of nitrogens with zero attached hydrogens (tertiary/aromatic N) is 6. The van der Waals surface area contributed by atoms with Crippen molar-refractivity contribution in [3.63, 3.8) is 0 Å². The van der Waals surface area contributed by atoms with Gasteiger partial charge >= 0.3 is 35.8 Å². The molecular weight excluding hydrogens is 1070 g/mol. The van der Waals surface area contributed by atoms with Crippen molar-refractivity contribution in [3.05, 3.63) is 106 Å². The lowest BCUT2D eigenvalue weighted by molar-refractivity contribution is -0.149. The minimum Gasteiger partial charge on any atom is -0.465 e. The first kappa shape index (κ1) is 65.8. The zero-order valence-electron chi connectivity index (χ0n) is 51.2. The number of hydrogen-bond donors (Lipinski definition) is 0. The highest BCUT2D eigenvalue weighted by Crippen LogP contribution is 2.34. The molecule has 4 aliphatic heterocycles. The third kappa shape index (κ3) is 19.9. The van der Waals surface area contributed by atoms with Crippen molar-refractivity contribution in [1.82, 2.24) is 29.4 Å². The number of rotatable bonds is 18. The molecule has 0 aromatic heterocycles. The third-order valence-electron chi connectivity index (χ3n) is 17.1. The van der Waals surface area contributed by atoms with Crippen LogP contribution >= 0.6 is 0 Å². The second kappa shape index (κ2) is 34.4.